The average Bonchev–Trinajstić information content (AvgIpc) is 2.57. The molecule has 0 bridgehead atoms. The van der Waals surface area contributed by atoms with Gasteiger partial charge in [0.05, 0.1) is 33.1 Å². The quantitative estimate of drug-likeness (QED) is 0.292. The summed E-state index contributed by atoms with van der Waals surface area (Å²) in [5.41, 5.74) is 0.151. The zero-order valence-corrected chi connectivity index (χ0v) is 19.9. The predicted octanol–water partition coefficient (Wildman–Crippen LogP) is 3.22. The van der Waals surface area contributed by atoms with Gasteiger partial charge in [0.15, 0.2) is 5.92 Å². The Labute approximate surface area is 175 Å². The Balaban J connectivity index is 3.34. The highest BCUT2D eigenvalue weighted by atomic mass is 79.9. The number of rotatable bonds is 10. The summed E-state index contributed by atoms with van der Waals surface area (Å²) in [6, 6.07) is 0. The summed E-state index contributed by atoms with van der Waals surface area (Å²) in [7, 11) is -2.01. The SMILES string of the molecule is CCOC(=O)C(C(=O)OCC)C(Cc1ncc(Br)c([Si](C)(C)C)c1F)OCC. The van der Waals surface area contributed by atoms with E-state index in [-0.39, 0.29) is 31.9 Å². The average molecular weight is 478 g/mol. The third kappa shape index (κ3) is 6.35. The van der Waals surface area contributed by atoms with Crippen LogP contribution in [0.5, 0.6) is 0 Å². The lowest BCUT2D eigenvalue weighted by Gasteiger charge is -2.25. The molecule has 1 rings (SSSR count). The van der Waals surface area contributed by atoms with Crippen molar-refractivity contribution < 1.29 is 28.2 Å². The van der Waals surface area contributed by atoms with E-state index in [4.69, 9.17) is 14.2 Å². The van der Waals surface area contributed by atoms with Gasteiger partial charge < -0.3 is 14.2 Å². The van der Waals surface area contributed by atoms with Crippen LogP contribution >= 0.6 is 15.9 Å². The Morgan fingerprint density at radius 2 is 1.64 bits per heavy atom. The molecule has 0 saturated carbocycles. The van der Waals surface area contributed by atoms with Crippen LogP contribution in [0.1, 0.15) is 26.5 Å². The Morgan fingerprint density at radius 3 is 2.07 bits per heavy atom. The predicted molar refractivity (Wildman–Crippen MR) is 111 cm³/mol. The minimum atomic E-state index is -2.01. The molecular formula is C19H29BrFNO5Si. The molecule has 0 fully saturated rings. The van der Waals surface area contributed by atoms with Gasteiger partial charge in [0, 0.05) is 23.7 Å². The molecule has 28 heavy (non-hydrogen) atoms. The number of nitrogens with zero attached hydrogens (tertiary/aromatic N) is 1. The summed E-state index contributed by atoms with van der Waals surface area (Å²) < 4.78 is 31.6. The van der Waals surface area contributed by atoms with Gasteiger partial charge in [-0.1, -0.05) is 19.6 Å². The molecule has 0 saturated heterocycles. The second-order valence-electron chi connectivity index (χ2n) is 7.17. The molecule has 1 heterocycles. The van der Waals surface area contributed by atoms with Gasteiger partial charge in [-0.3, -0.25) is 14.6 Å². The monoisotopic (exact) mass is 477 g/mol. The van der Waals surface area contributed by atoms with Gasteiger partial charge in [-0.2, -0.15) is 0 Å². The molecule has 1 unspecified atom stereocenters. The molecule has 0 aliphatic heterocycles. The van der Waals surface area contributed by atoms with E-state index in [0.717, 1.165) is 0 Å². The van der Waals surface area contributed by atoms with Crippen LogP contribution in [-0.2, 0) is 30.2 Å². The summed E-state index contributed by atoms with van der Waals surface area (Å²) in [5.74, 6) is -3.23. The number of carbonyl (C=O) groups excluding carboxylic acids is 2. The number of pyridine rings is 1. The third-order valence-electron chi connectivity index (χ3n) is 4.02. The molecule has 0 amide bonds. The van der Waals surface area contributed by atoms with E-state index in [1.54, 1.807) is 27.0 Å². The maximum Gasteiger partial charge on any atom is 0.323 e. The van der Waals surface area contributed by atoms with Crippen molar-refractivity contribution in [3.8, 4) is 0 Å². The fourth-order valence-electron chi connectivity index (χ4n) is 2.88. The Morgan fingerprint density at radius 1 is 1.11 bits per heavy atom. The Bertz CT molecular complexity index is 678. The van der Waals surface area contributed by atoms with Crippen LogP contribution in [0.4, 0.5) is 4.39 Å². The molecule has 0 aliphatic rings. The first-order valence-corrected chi connectivity index (χ1v) is 13.7. The Kier molecular flexibility index (Phi) is 9.72. The molecule has 1 aromatic rings. The van der Waals surface area contributed by atoms with E-state index in [9.17, 15) is 9.59 Å². The number of esters is 2. The summed E-state index contributed by atoms with van der Waals surface area (Å²) in [5, 5.41) is 0.608. The molecular weight excluding hydrogens is 449 g/mol. The van der Waals surface area contributed by atoms with Crippen molar-refractivity contribution in [3.63, 3.8) is 0 Å². The van der Waals surface area contributed by atoms with E-state index in [2.05, 4.69) is 20.9 Å². The van der Waals surface area contributed by atoms with Gasteiger partial charge in [-0.25, -0.2) is 4.39 Å². The highest BCUT2D eigenvalue weighted by Crippen LogP contribution is 2.22. The molecule has 1 atom stereocenters. The lowest BCUT2D eigenvalue weighted by Crippen LogP contribution is -2.44. The lowest BCUT2D eigenvalue weighted by atomic mass is 9.97. The number of hydrogen-bond acceptors (Lipinski definition) is 6. The number of halogens is 2. The van der Waals surface area contributed by atoms with E-state index in [1.807, 2.05) is 19.6 Å². The standard InChI is InChI=1S/C19H29BrFNO5Si/c1-7-25-14(15(18(23)26-8-2)19(24)27-9-3)10-13-16(21)17(28(4,5)6)12(20)11-22-13/h11,14-15H,7-10H2,1-6H3. The molecule has 1 aromatic heterocycles. The van der Waals surface area contributed by atoms with Crippen LogP contribution in [0.2, 0.25) is 19.6 Å². The van der Waals surface area contributed by atoms with Gasteiger partial charge in [0.2, 0.25) is 0 Å². The molecule has 0 aromatic carbocycles. The molecule has 0 N–H and O–H groups in total. The normalized spacial score (nSPS) is 12.8. The summed E-state index contributed by atoms with van der Waals surface area (Å²) in [4.78, 5) is 29.0. The van der Waals surface area contributed by atoms with E-state index in [1.165, 1.54) is 0 Å². The van der Waals surface area contributed by atoms with Crippen LogP contribution in [0, 0.1) is 11.7 Å². The third-order valence-corrected chi connectivity index (χ3v) is 6.98. The Hall–Kier alpha value is -1.32. The van der Waals surface area contributed by atoms with E-state index < -0.39 is 37.9 Å². The highest BCUT2D eigenvalue weighted by Gasteiger charge is 2.39. The molecule has 0 aliphatic carbocycles. The minimum Gasteiger partial charge on any atom is -0.465 e. The van der Waals surface area contributed by atoms with Crippen LogP contribution in [0.3, 0.4) is 0 Å². The number of carbonyl (C=O) groups is 2. The van der Waals surface area contributed by atoms with Gasteiger partial charge in [-0.05, 0) is 41.9 Å². The topological polar surface area (TPSA) is 74.7 Å². The van der Waals surface area contributed by atoms with E-state index >= 15 is 4.39 Å². The smallest absolute Gasteiger partial charge is 0.323 e. The maximum atomic E-state index is 15.2. The zero-order valence-electron chi connectivity index (χ0n) is 17.3. The van der Waals surface area contributed by atoms with Gasteiger partial charge >= 0.3 is 11.9 Å². The van der Waals surface area contributed by atoms with Crippen LogP contribution < -0.4 is 5.19 Å². The van der Waals surface area contributed by atoms with Crippen LogP contribution in [0.15, 0.2) is 10.7 Å². The molecule has 6 nitrogen and oxygen atoms in total. The van der Waals surface area contributed by atoms with Crippen molar-refractivity contribution in [1.82, 2.24) is 4.98 Å². The van der Waals surface area contributed by atoms with Crippen molar-refractivity contribution in [2.45, 2.75) is 52.9 Å². The summed E-state index contributed by atoms with van der Waals surface area (Å²) >= 11 is 3.38. The minimum absolute atomic E-state index is 0.0489. The summed E-state index contributed by atoms with van der Waals surface area (Å²) in [6.45, 7) is 11.6. The van der Waals surface area contributed by atoms with Gasteiger partial charge in [0.1, 0.15) is 5.82 Å². The van der Waals surface area contributed by atoms with Crippen molar-refractivity contribution in [2.24, 2.45) is 5.92 Å². The molecule has 158 valence electrons. The lowest BCUT2D eigenvalue weighted by molar-refractivity contribution is -0.169. The first kappa shape index (κ1) is 24.7. The fraction of sp³-hybridized carbons (Fsp3) is 0.632. The maximum absolute atomic E-state index is 15.2. The molecule has 0 radical (unpaired) electrons. The van der Waals surface area contributed by atoms with Gasteiger partial charge in [-0.15, -0.1) is 0 Å². The second-order valence-corrected chi connectivity index (χ2v) is 13.0. The molecule has 0 spiro atoms. The molecule has 9 heteroatoms. The van der Waals surface area contributed by atoms with E-state index in [0.29, 0.717) is 9.66 Å². The van der Waals surface area contributed by atoms with Crippen LogP contribution in [-0.4, -0.2) is 50.9 Å². The highest BCUT2D eigenvalue weighted by molar-refractivity contribution is 9.10. The number of ether oxygens (including phenoxy) is 3. The van der Waals surface area contributed by atoms with Crippen molar-refractivity contribution in [1.29, 1.82) is 0 Å². The first-order valence-electron chi connectivity index (χ1n) is 9.36. The number of aromatic nitrogens is 1. The summed E-state index contributed by atoms with van der Waals surface area (Å²) in [6.07, 6.45) is 0.562. The van der Waals surface area contributed by atoms with Crippen LogP contribution in [0.25, 0.3) is 0 Å². The van der Waals surface area contributed by atoms with Gasteiger partial charge in [0.25, 0.3) is 0 Å². The first-order chi connectivity index (χ1) is 13.1. The van der Waals surface area contributed by atoms with Crippen molar-refractivity contribution in [2.75, 3.05) is 19.8 Å². The number of hydrogen-bond donors (Lipinski definition) is 0. The largest absolute Gasteiger partial charge is 0.465 e. The van der Waals surface area contributed by atoms with Crippen molar-refractivity contribution in [3.05, 3.63) is 22.2 Å². The fourth-order valence-corrected chi connectivity index (χ4v) is 6.52. The zero-order chi connectivity index (χ0) is 21.5. The second kappa shape index (κ2) is 11.0. The van der Waals surface area contributed by atoms with Crippen molar-refractivity contribution >= 4 is 41.1 Å².